The second-order valence-electron chi connectivity index (χ2n) is 8.23. The predicted molar refractivity (Wildman–Crippen MR) is 108 cm³/mol. The molecule has 9 heteroatoms. The first-order chi connectivity index (χ1) is 14.0. The van der Waals surface area contributed by atoms with Crippen molar-refractivity contribution in [2.24, 2.45) is 17.4 Å². The molecule has 3 heterocycles. The number of allylic oxidation sites excluding steroid dienone is 1. The van der Waals surface area contributed by atoms with Crippen molar-refractivity contribution in [3.05, 3.63) is 40.7 Å². The molecule has 0 aromatic heterocycles. The monoisotopic (exact) mass is 407 g/mol. The van der Waals surface area contributed by atoms with Gasteiger partial charge in [-0.05, 0) is 38.5 Å². The summed E-state index contributed by atoms with van der Waals surface area (Å²) < 4.78 is 5.43. The Morgan fingerprint density at radius 2 is 2.00 bits per heavy atom. The number of benzene rings is 1. The number of nitrogens with two attached hydrogens (primary N) is 2. The van der Waals surface area contributed by atoms with Gasteiger partial charge in [0.25, 0.3) is 0 Å². The van der Waals surface area contributed by atoms with E-state index in [0.29, 0.717) is 22.6 Å². The minimum atomic E-state index is -1.97. The third-order valence-corrected chi connectivity index (χ3v) is 6.09. The fourth-order valence-corrected chi connectivity index (χ4v) is 5.02. The average Bonchev–Trinajstić information content (AvgIpc) is 2.89. The Labute approximate surface area is 172 Å². The average molecular weight is 407 g/mol. The van der Waals surface area contributed by atoms with Crippen LogP contribution < -0.4 is 26.4 Å². The van der Waals surface area contributed by atoms with Gasteiger partial charge in [-0.25, -0.2) is 0 Å². The topological polar surface area (TPSA) is 152 Å². The van der Waals surface area contributed by atoms with Crippen LogP contribution in [0.15, 0.2) is 29.6 Å². The lowest BCUT2D eigenvalue weighted by Crippen LogP contribution is -2.62. The largest absolute Gasteiger partial charge is 0.497 e. The molecule has 1 spiro atoms. The van der Waals surface area contributed by atoms with Crippen molar-refractivity contribution in [1.29, 1.82) is 5.26 Å². The van der Waals surface area contributed by atoms with E-state index in [-0.39, 0.29) is 11.4 Å². The number of fused-ring (bicyclic) bond motifs is 1. The van der Waals surface area contributed by atoms with Crippen LogP contribution in [0.3, 0.4) is 0 Å². The molecular weight excluding hydrogens is 386 g/mol. The summed E-state index contributed by atoms with van der Waals surface area (Å²) in [6.45, 7) is 5.58. The third kappa shape index (κ3) is 2.08. The van der Waals surface area contributed by atoms with E-state index in [4.69, 9.17) is 16.2 Å². The fourth-order valence-electron chi connectivity index (χ4n) is 5.02. The van der Waals surface area contributed by atoms with Crippen molar-refractivity contribution in [3.8, 4) is 11.8 Å². The van der Waals surface area contributed by atoms with Gasteiger partial charge in [-0.3, -0.25) is 14.4 Å². The summed E-state index contributed by atoms with van der Waals surface area (Å²) in [4.78, 5) is 40.9. The number of hydrogen-bond donors (Lipinski definition) is 3. The first-order valence-electron chi connectivity index (χ1n) is 9.29. The molecule has 0 fully saturated rings. The molecule has 5 N–H and O–H groups in total. The molecule has 4 rings (SSSR count). The van der Waals surface area contributed by atoms with Gasteiger partial charge in [-0.2, -0.15) is 5.26 Å². The number of nitriles is 1. The second-order valence-corrected chi connectivity index (χ2v) is 8.23. The minimum absolute atomic E-state index is 0.214. The molecule has 0 saturated carbocycles. The van der Waals surface area contributed by atoms with E-state index in [9.17, 15) is 19.6 Å². The molecule has 1 aromatic rings. The SMILES string of the molecule is COc1cc2c3c(c1)[C@]1(C(=O)N3C(C)(C)C=C2C)C(C#N)=C(N)NC(=O)[C@H]1C(N)=O. The molecule has 30 heavy (non-hydrogen) atoms. The third-order valence-electron chi connectivity index (χ3n) is 6.09. The van der Waals surface area contributed by atoms with Crippen LogP contribution in [0.5, 0.6) is 5.75 Å². The lowest BCUT2D eigenvalue weighted by molar-refractivity contribution is -0.141. The summed E-state index contributed by atoms with van der Waals surface area (Å²) in [7, 11) is 1.47. The van der Waals surface area contributed by atoms with Crippen molar-refractivity contribution in [2.75, 3.05) is 12.0 Å². The van der Waals surface area contributed by atoms with E-state index in [1.165, 1.54) is 12.0 Å². The summed E-state index contributed by atoms with van der Waals surface area (Å²) >= 11 is 0. The Bertz CT molecular complexity index is 1160. The lowest BCUT2D eigenvalue weighted by Gasteiger charge is -2.41. The highest BCUT2D eigenvalue weighted by Crippen LogP contribution is 2.58. The Morgan fingerprint density at radius 1 is 1.33 bits per heavy atom. The zero-order chi connectivity index (χ0) is 22.2. The van der Waals surface area contributed by atoms with Crippen LogP contribution in [0.2, 0.25) is 0 Å². The standard InChI is InChI=1S/C21H21N5O4/c1-9-7-20(2,3)26-15-11(9)5-10(30-4)6-12(15)21(19(26)29)13(8-22)16(23)25-18(28)14(21)17(24)27/h5-7,14H,23H2,1-4H3,(H2,24,27)(H,25,28)/t14-,21+/m1/s1. The molecule has 0 unspecified atom stereocenters. The van der Waals surface area contributed by atoms with Gasteiger partial charge in [0.05, 0.1) is 23.9 Å². The van der Waals surface area contributed by atoms with Crippen LogP contribution in [0.25, 0.3) is 5.57 Å². The van der Waals surface area contributed by atoms with Crippen LogP contribution in [-0.4, -0.2) is 30.4 Å². The number of nitrogens with zero attached hydrogens (tertiary/aromatic N) is 2. The maximum atomic E-state index is 14.1. The number of methoxy groups -OCH3 is 1. The molecule has 154 valence electrons. The normalized spacial score (nSPS) is 26.2. The second kappa shape index (κ2) is 5.86. The van der Waals surface area contributed by atoms with Crippen molar-refractivity contribution >= 4 is 29.0 Å². The van der Waals surface area contributed by atoms with Gasteiger partial charge >= 0.3 is 0 Å². The van der Waals surface area contributed by atoms with Crippen LogP contribution in [0.1, 0.15) is 31.9 Å². The number of rotatable bonds is 2. The summed E-state index contributed by atoms with van der Waals surface area (Å²) in [5.74, 6) is -3.96. The fraction of sp³-hybridized carbons (Fsp3) is 0.333. The van der Waals surface area contributed by atoms with E-state index in [1.54, 1.807) is 12.1 Å². The van der Waals surface area contributed by atoms with E-state index in [2.05, 4.69) is 5.32 Å². The van der Waals surface area contributed by atoms with Gasteiger partial charge in [-0.1, -0.05) is 6.08 Å². The smallest absolute Gasteiger partial charge is 0.245 e. The molecule has 3 amide bonds. The lowest BCUT2D eigenvalue weighted by atomic mass is 9.63. The molecule has 0 radical (unpaired) electrons. The van der Waals surface area contributed by atoms with Crippen LogP contribution in [0, 0.1) is 17.2 Å². The van der Waals surface area contributed by atoms with Crippen LogP contribution >= 0.6 is 0 Å². The number of primary amides is 1. The molecule has 9 nitrogen and oxygen atoms in total. The summed E-state index contributed by atoms with van der Waals surface area (Å²) in [5.41, 5.74) is 11.0. The van der Waals surface area contributed by atoms with E-state index in [0.717, 1.165) is 5.57 Å². The highest BCUT2D eigenvalue weighted by atomic mass is 16.5. The number of amides is 3. The number of ether oxygens (including phenoxy) is 1. The molecule has 0 bridgehead atoms. The van der Waals surface area contributed by atoms with Crippen molar-refractivity contribution < 1.29 is 19.1 Å². The summed E-state index contributed by atoms with van der Waals surface area (Å²) in [5, 5.41) is 12.3. The molecule has 3 aliphatic rings. The van der Waals surface area contributed by atoms with Crippen LogP contribution in [0.4, 0.5) is 5.69 Å². The minimum Gasteiger partial charge on any atom is -0.497 e. The van der Waals surface area contributed by atoms with Gasteiger partial charge in [0, 0.05) is 11.1 Å². The van der Waals surface area contributed by atoms with E-state index < -0.39 is 34.6 Å². The van der Waals surface area contributed by atoms with Gasteiger partial charge in [-0.15, -0.1) is 0 Å². The quantitative estimate of drug-likeness (QED) is 0.604. The summed E-state index contributed by atoms with van der Waals surface area (Å²) in [6, 6.07) is 5.30. The molecule has 0 saturated heterocycles. The van der Waals surface area contributed by atoms with Crippen molar-refractivity contribution in [3.63, 3.8) is 0 Å². The number of carbonyl (C=O) groups is 3. The Balaban J connectivity index is 2.23. The molecular formula is C21H21N5O4. The summed E-state index contributed by atoms with van der Waals surface area (Å²) in [6.07, 6.45) is 1.91. The van der Waals surface area contributed by atoms with E-state index >= 15 is 0 Å². The zero-order valence-electron chi connectivity index (χ0n) is 17.0. The van der Waals surface area contributed by atoms with E-state index in [1.807, 2.05) is 32.9 Å². The maximum Gasteiger partial charge on any atom is 0.245 e. The Hall–Kier alpha value is -3.80. The zero-order valence-corrected chi connectivity index (χ0v) is 17.0. The predicted octanol–water partition coefficient (Wildman–Crippen LogP) is 0.400. The van der Waals surface area contributed by atoms with Gasteiger partial charge in [0.1, 0.15) is 29.0 Å². The Morgan fingerprint density at radius 3 is 2.57 bits per heavy atom. The van der Waals surface area contributed by atoms with Gasteiger partial charge < -0.3 is 26.4 Å². The molecule has 2 atom stereocenters. The number of nitrogens with one attached hydrogen (secondary N) is 1. The van der Waals surface area contributed by atoms with Gasteiger partial charge in [0.15, 0.2) is 0 Å². The first kappa shape index (κ1) is 19.5. The highest BCUT2D eigenvalue weighted by molar-refractivity contribution is 6.22. The number of carbonyl (C=O) groups excluding carboxylic acids is 3. The Kier molecular flexibility index (Phi) is 3.81. The molecule has 0 aliphatic carbocycles. The number of hydrogen-bond acceptors (Lipinski definition) is 6. The van der Waals surface area contributed by atoms with Gasteiger partial charge in [0.2, 0.25) is 17.7 Å². The molecule has 1 aromatic carbocycles. The molecule has 3 aliphatic heterocycles. The van der Waals surface area contributed by atoms with Crippen molar-refractivity contribution in [1.82, 2.24) is 5.32 Å². The first-order valence-corrected chi connectivity index (χ1v) is 9.29. The van der Waals surface area contributed by atoms with Crippen LogP contribution in [-0.2, 0) is 19.8 Å². The maximum absolute atomic E-state index is 14.1. The number of anilines is 1. The highest BCUT2D eigenvalue weighted by Gasteiger charge is 2.67. The van der Waals surface area contributed by atoms with Crippen molar-refractivity contribution in [2.45, 2.75) is 31.7 Å².